The fourth-order valence-electron chi connectivity index (χ4n) is 4.62. The quantitative estimate of drug-likeness (QED) is 0.112. The molecule has 1 saturated heterocycles. The highest BCUT2D eigenvalue weighted by molar-refractivity contribution is 6.35. The van der Waals surface area contributed by atoms with Crippen molar-refractivity contribution in [3.63, 3.8) is 0 Å². The van der Waals surface area contributed by atoms with Crippen molar-refractivity contribution in [2.75, 3.05) is 20.3 Å². The van der Waals surface area contributed by atoms with E-state index in [1.165, 1.54) is 13.2 Å². The lowest BCUT2D eigenvalue weighted by Gasteiger charge is -2.27. The smallest absolute Gasteiger partial charge is 0.331 e. The number of nitrogens with one attached hydrogen (secondary N) is 1. The molecule has 0 atom stereocenters. The molecule has 0 radical (unpaired) electrons. The molecule has 0 bridgehead atoms. The van der Waals surface area contributed by atoms with Crippen molar-refractivity contribution in [1.82, 2.24) is 10.2 Å². The van der Waals surface area contributed by atoms with E-state index in [0.717, 1.165) is 16.9 Å². The molecular weight excluding hydrogens is 619 g/mol. The predicted molar refractivity (Wildman–Crippen MR) is 173 cm³/mol. The Balaban J connectivity index is 1.63. The second-order valence-corrected chi connectivity index (χ2v) is 10.8. The van der Waals surface area contributed by atoms with Gasteiger partial charge in [0.2, 0.25) is 0 Å². The summed E-state index contributed by atoms with van der Waals surface area (Å²) in [6.07, 6.45) is 4.34. The maximum absolute atomic E-state index is 13.5. The first-order chi connectivity index (χ1) is 21.7. The van der Waals surface area contributed by atoms with Crippen LogP contribution in [0.2, 0.25) is 10.0 Å². The van der Waals surface area contributed by atoms with Gasteiger partial charge in [0.1, 0.15) is 12.2 Å². The van der Waals surface area contributed by atoms with E-state index in [1.54, 1.807) is 54.6 Å². The van der Waals surface area contributed by atoms with Crippen molar-refractivity contribution in [2.45, 2.75) is 39.8 Å². The Hall–Kier alpha value is -4.47. The van der Waals surface area contributed by atoms with Gasteiger partial charge in [-0.15, -0.1) is 6.58 Å². The molecule has 45 heavy (non-hydrogen) atoms. The van der Waals surface area contributed by atoms with E-state index in [9.17, 15) is 14.4 Å². The van der Waals surface area contributed by atoms with Crippen LogP contribution in [0, 0.1) is 0 Å². The average Bonchev–Trinajstić information content (AvgIpc) is 3.01. The van der Waals surface area contributed by atoms with Crippen LogP contribution in [0.25, 0.3) is 6.08 Å². The van der Waals surface area contributed by atoms with Crippen molar-refractivity contribution >= 4 is 47.1 Å². The third kappa shape index (κ3) is 8.17. The topological polar surface area (TPSA) is 103 Å². The lowest BCUT2D eigenvalue weighted by molar-refractivity contribution is -0.130. The number of hydrogen-bond donors (Lipinski definition) is 1. The van der Waals surface area contributed by atoms with Crippen LogP contribution in [0.5, 0.6) is 23.0 Å². The van der Waals surface area contributed by atoms with Gasteiger partial charge in [-0.05, 0) is 73.4 Å². The van der Waals surface area contributed by atoms with Crippen LogP contribution in [0.15, 0.2) is 66.8 Å². The molecule has 11 heteroatoms. The second kappa shape index (κ2) is 15.5. The number of ether oxygens (including phenoxy) is 4. The van der Waals surface area contributed by atoms with Gasteiger partial charge in [0.15, 0.2) is 23.0 Å². The van der Waals surface area contributed by atoms with E-state index in [0.29, 0.717) is 69.4 Å². The molecule has 0 aliphatic carbocycles. The van der Waals surface area contributed by atoms with Crippen LogP contribution in [-0.2, 0) is 29.2 Å². The SMILES string of the molecule is C=CCc1cc(/C=C2\C(=O)NC(=O)N(Cc3ccc(OCCC)c(OCC)c3)C2=O)cc(OC)c1OCc1ccc(Cl)cc1Cl. The van der Waals surface area contributed by atoms with Gasteiger partial charge in [-0.3, -0.25) is 19.8 Å². The van der Waals surface area contributed by atoms with Gasteiger partial charge < -0.3 is 18.9 Å². The van der Waals surface area contributed by atoms with Crippen molar-refractivity contribution in [1.29, 1.82) is 0 Å². The van der Waals surface area contributed by atoms with E-state index in [2.05, 4.69) is 11.9 Å². The number of urea groups is 1. The van der Waals surface area contributed by atoms with Crippen LogP contribution >= 0.6 is 23.2 Å². The van der Waals surface area contributed by atoms with Crippen LogP contribution < -0.4 is 24.3 Å². The zero-order valence-corrected chi connectivity index (χ0v) is 26.8. The maximum Gasteiger partial charge on any atom is 0.331 e. The number of imide groups is 2. The van der Waals surface area contributed by atoms with Gasteiger partial charge in [0.05, 0.1) is 26.9 Å². The molecule has 4 rings (SSSR count). The average molecular weight is 654 g/mol. The maximum atomic E-state index is 13.5. The normalized spacial score (nSPS) is 13.9. The molecule has 9 nitrogen and oxygen atoms in total. The van der Waals surface area contributed by atoms with E-state index in [1.807, 2.05) is 13.8 Å². The van der Waals surface area contributed by atoms with Crippen molar-refractivity contribution in [3.8, 4) is 23.0 Å². The number of nitrogens with zero attached hydrogens (tertiary/aromatic N) is 1. The largest absolute Gasteiger partial charge is 0.493 e. The molecule has 0 saturated carbocycles. The molecule has 1 aliphatic rings. The summed E-state index contributed by atoms with van der Waals surface area (Å²) >= 11 is 12.3. The second-order valence-electron chi connectivity index (χ2n) is 10.00. The Morgan fingerprint density at radius 2 is 1.71 bits per heavy atom. The highest BCUT2D eigenvalue weighted by Gasteiger charge is 2.36. The molecule has 3 aromatic rings. The van der Waals surface area contributed by atoms with Crippen LogP contribution in [0.3, 0.4) is 0 Å². The summed E-state index contributed by atoms with van der Waals surface area (Å²) in [5.74, 6) is 0.356. The Labute approximate surface area is 272 Å². The number of methoxy groups -OCH3 is 1. The molecule has 0 aromatic heterocycles. The predicted octanol–water partition coefficient (Wildman–Crippen LogP) is 7.16. The van der Waals surface area contributed by atoms with Gasteiger partial charge >= 0.3 is 6.03 Å². The zero-order valence-electron chi connectivity index (χ0n) is 25.3. The lowest BCUT2D eigenvalue weighted by Crippen LogP contribution is -2.53. The summed E-state index contributed by atoms with van der Waals surface area (Å²) in [6, 6.07) is 12.9. The lowest BCUT2D eigenvalue weighted by atomic mass is 10.0. The fourth-order valence-corrected chi connectivity index (χ4v) is 5.08. The summed E-state index contributed by atoms with van der Waals surface area (Å²) in [5, 5.41) is 3.24. The molecule has 4 amide bonds. The summed E-state index contributed by atoms with van der Waals surface area (Å²) in [4.78, 5) is 40.2. The molecule has 1 N–H and O–H groups in total. The monoisotopic (exact) mass is 652 g/mol. The standard InChI is InChI=1S/C34H34Cl2N2O7/c1-5-8-23-14-22(17-30(42-4)31(23)45-20-24-10-11-25(35)18-27(24)36)15-26-32(39)37-34(41)38(33(26)40)19-21-9-12-28(44-13-6-2)29(16-21)43-7-3/h5,9-12,14-18H,1,6-8,13,19-20H2,2-4H3,(H,37,39,41)/b26-15+. The van der Waals surface area contributed by atoms with Crippen LogP contribution in [-0.4, -0.2) is 43.1 Å². The molecule has 0 unspecified atom stereocenters. The number of rotatable bonds is 14. The van der Waals surface area contributed by atoms with Crippen LogP contribution in [0.4, 0.5) is 4.79 Å². The summed E-state index contributed by atoms with van der Waals surface area (Å²) in [7, 11) is 1.49. The number of benzene rings is 3. The Kier molecular flexibility index (Phi) is 11.5. The van der Waals surface area contributed by atoms with Gasteiger partial charge in [0.25, 0.3) is 11.8 Å². The first-order valence-corrected chi connectivity index (χ1v) is 15.1. The Bertz CT molecular complexity index is 1640. The van der Waals surface area contributed by atoms with E-state index >= 15 is 0 Å². The molecular formula is C34H34Cl2N2O7. The van der Waals surface area contributed by atoms with Crippen molar-refractivity contribution in [2.24, 2.45) is 0 Å². The molecule has 0 spiro atoms. The number of barbiturate groups is 1. The summed E-state index contributed by atoms with van der Waals surface area (Å²) in [6.45, 7) is 8.67. The highest BCUT2D eigenvalue weighted by Crippen LogP contribution is 2.36. The Morgan fingerprint density at radius 1 is 0.911 bits per heavy atom. The molecule has 1 aliphatic heterocycles. The minimum absolute atomic E-state index is 0.0888. The van der Waals surface area contributed by atoms with Crippen molar-refractivity contribution in [3.05, 3.63) is 99.1 Å². The summed E-state index contributed by atoms with van der Waals surface area (Å²) < 4.78 is 23.2. The third-order valence-corrected chi connectivity index (χ3v) is 7.32. The first-order valence-electron chi connectivity index (χ1n) is 14.3. The van der Waals surface area contributed by atoms with Crippen LogP contribution in [0.1, 0.15) is 42.5 Å². The molecule has 3 aromatic carbocycles. The van der Waals surface area contributed by atoms with Gasteiger partial charge in [-0.1, -0.05) is 48.3 Å². The number of allylic oxidation sites excluding steroid dienone is 1. The van der Waals surface area contributed by atoms with E-state index in [4.69, 9.17) is 42.1 Å². The molecule has 1 fully saturated rings. The number of halogens is 2. The van der Waals surface area contributed by atoms with E-state index < -0.39 is 17.8 Å². The number of carbonyl (C=O) groups excluding carboxylic acids is 3. The third-order valence-electron chi connectivity index (χ3n) is 6.73. The molecule has 1 heterocycles. The number of hydrogen-bond acceptors (Lipinski definition) is 7. The summed E-state index contributed by atoms with van der Waals surface area (Å²) in [5.41, 5.74) is 2.33. The minimum Gasteiger partial charge on any atom is -0.493 e. The Morgan fingerprint density at radius 3 is 2.40 bits per heavy atom. The number of carbonyl (C=O) groups is 3. The van der Waals surface area contributed by atoms with Gasteiger partial charge in [0, 0.05) is 21.2 Å². The van der Waals surface area contributed by atoms with Crippen molar-refractivity contribution < 1.29 is 33.3 Å². The minimum atomic E-state index is -0.819. The molecule has 236 valence electrons. The van der Waals surface area contributed by atoms with E-state index in [-0.39, 0.29) is 18.7 Å². The van der Waals surface area contributed by atoms with Gasteiger partial charge in [-0.25, -0.2) is 4.79 Å². The number of amides is 4. The van der Waals surface area contributed by atoms with Gasteiger partial charge in [-0.2, -0.15) is 0 Å². The first kappa shape index (κ1) is 33.4. The zero-order chi connectivity index (χ0) is 32.5. The fraction of sp³-hybridized carbons (Fsp3) is 0.265. The highest BCUT2D eigenvalue weighted by atomic mass is 35.5.